The Bertz CT molecular complexity index is 439. The van der Waals surface area contributed by atoms with Crippen molar-refractivity contribution in [3.05, 3.63) is 33.8 Å². The molecule has 1 aromatic rings. The van der Waals surface area contributed by atoms with Crippen molar-refractivity contribution in [1.29, 1.82) is 0 Å². The molecule has 2 unspecified atom stereocenters. The first-order valence-electron chi connectivity index (χ1n) is 6.48. The van der Waals surface area contributed by atoms with Crippen LogP contribution in [-0.4, -0.2) is 41.8 Å². The first-order valence-corrected chi connectivity index (χ1v) is 7.24. The van der Waals surface area contributed by atoms with E-state index in [2.05, 4.69) is 18.7 Å². The molecule has 0 amide bonds. The van der Waals surface area contributed by atoms with E-state index < -0.39 is 6.10 Å². The predicted molar refractivity (Wildman–Crippen MR) is 77.9 cm³/mol. The normalized spacial score (nSPS) is 22.7. The van der Waals surface area contributed by atoms with E-state index in [1.165, 1.54) is 0 Å². The first-order chi connectivity index (χ1) is 9.00. The molecule has 0 radical (unpaired) electrons. The lowest BCUT2D eigenvalue weighted by Gasteiger charge is -2.37. The number of hydrogen-bond acceptors (Lipinski definition) is 3. The van der Waals surface area contributed by atoms with Crippen LogP contribution in [0.3, 0.4) is 0 Å². The number of halogens is 2. The summed E-state index contributed by atoms with van der Waals surface area (Å²) in [6, 6.07) is 5.72. The van der Waals surface area contributed by atoms with E-state index >= 15 is 0 Å². The quantitative estimate of drug-likeness (QED) is 0.931. The Kier molecular flexibility index (Phi) is 5.09. The van der Waals surface area contributed by atoms with Crippen molar-refractivity contribution in [2.24, 2.45) is 0 Å². The highest BCUT2D eigenvalue weighted by Crippen LogP contribution is 2.33. The summed E-state index contributed by atoms with van der Waals surface area (Å²) in [4.78, 5) is 2.29. The van der Waals surface area contributed by atoms with Crippen molar-refractivity contribution in [1.82, 2.24) is 4.90 Å². The molecule has 5 heteroatoms. The van der Waals surface area contributed by atoms with Gasteiger partial charge >= 0.3 is 0 Å². The van der Waals surface area contributed by atoms with E-state index in [9.17, 15) is 5.11 Å². The van der Waals surface area contributed by atoms with Crippen molar-refractivity contribution in [3.63, 3.8) is 0 Å². The second kappa shape index (κ2) is 6.42. The lowest BCUT2D eigenvalue weighted by atomic mass is 10.0. The number of hydrogen-bond donors (Lipinski definition) is 1. The standard InChI is InChI=1S/C14H19Cl2NO2/c1-9(2)17-6-7-19-12(8-17)14(18)10-4-3-5-11(15)13(10)16/h3-5,9,12,14,18H,6-8H2,1-2H3. The zero-order chi connectivity index (χ0) is 14.0. The molecule has 2 rings (SSSR count). The zero-order valence-corrected chi connectivity index (χ0v) is 12.7. The van der Waals surface area contributed by atoms with Gasteiger partial charge in [0.15, 0.2) is 0 Å². The monoisotopic (exact) mass is 303 g/mol. The maximum atomic E-state index is 10.5. The van der Waals surface area contributed by atoms with E-state index in [0.29, 0.717) is 34.8 Å². The van der Waals surface area contributed by atoms with Crippen molar-refractivity contribution in [2.45, 2.75) is 32.1 Å². The summed E-state index contributed by atoms with van der Waals surface area (Å²) in [5.74, 6) is 0. The molecule has 0 bridgehead atoms. The van der Waals surface area contributed by atoms with Crippen LogP contribution < -0.4 is 0 Å². The molecule has 0 aliphatic carbocycles. The molecule has 3 nitrogen and oxygen atoms in total. The lowest BCUT2D eigenvalue weighted by Crippen LogP contribution is -2.47. The first kappa shape index (κ1) is 15.1. The van der Waals surface area contributed by atoms with Gasteiger partial charge < -0.3 is 9.84 Å². The van der Waals surface area contributed by atoms with Crippen LogP contribution in [0, 0.1) is 0 Å². The Hall–Kier alpha value is -0.320. The fourth-order valence-corrected chi connectivity index (χ4v) is 2.73. The molecule has 106 valence electrons. The fraction of sp³-hybridized carbons (Fsp3) is 0.571. The smallest absolute Gasteiger partial charge is 0.108 e. The molecule has 0 aromatic heterocycles. The summed E-state index contributed by atoms with van der Waals surface area (Å²) in [5.41, 5.74) is 0.629. The van der Waals surface area contributed by atoms with Gasteiger partial charge in [0.2, 0.25) is 0 Å². The van der Waals surface area contributed by atoms with Crippen LogP contribution in [-0.2, 0) is 4.74 Å². The minimum atomic E-state index is -0.757. The lowest BCUT2D eigenvalue weighted by molar-refractivity contribution is -0.0961. The number of ether oxygens (including phenoxy) is 1. The van der Waals surface area contributed by atoms with Crippen LogP contribution in [0.25, 0.3) is 0 Å². The maximum Gasteiger partial charge on any atom is 0.108 e. The minimum absolute atomic E-state index is 0.271. The van der Waals surface area contributed by atoms with Crippen LogP contribution >= 0.6 is 23.2 Å². The molecular formula is C14H19Cl2NO2. The molecule has 19 heavy (non-hydrogen) atoms. The van der Waals surface area contributed by atoms with Crippen LogP contribution in [0.4, 0.5) is 0 Å². The summed E-state index contributed by atoms with van der Waals surface area (Å²) in [6.07, 6.45) is -1.03. The van der Waals surface area contributed by atoms with Crippen LogP contribution in [0.1, 0.15) is 25.5 Å². The van der Waals surface area contributed by atoms with Gasteiger partial charge in [0, 0.05) is 24.7 Å². The predicted octanol–water partition coefficient (Wildman–Crippen LogP) is 3.14. The highest BCUT2D eigenvalue weighted by molar-refractivity contribution is 6.42. The van der Waals surface area contributed by atoms with Gasteiger partial charge in [0.05, 0.1) is 16.7 Å². The number of aliphatic hydroxyl groups is 1. The number of morpholine rings is 1. The van der Waals surface area contributed by atoms with E-state index in [-0.39, 0.29) is 6.10 Å². The molecule has 2 atom stereocenters. The third-order valence-corrected chi connectivity index (χ3v) is 4.34. The molecule has 0 spiro atoms. The molecule has 1 aliphatic heterocycles. The largest absolute Gasteiger partial charge is 0.386 e. The SMILES string of the molecule is CC(C)N1CCOC(C(O)c2cccc(Cl)c2Cl)C1. The molecule has 1 heterocycles. The van der Waals surface area contributed by atoms with Crippen LogP contribution in [0.5, 0.6) is 0 Å². The van der Waals surface area contributed by atoms with Gasteiger partial charge in [-0.25, -0.2) is 0 Å². The Balaban J connectivity index is 2.14. The summed E-state index contributed by atoms with van der Waals surface area (Å²) < 4.78 is 5.68. The molecule has 1 aliphatic rings. The van der Waals surface area contributed by atoms with E-state index in [1.54, 1.807) is 18.2 Å². The number of aliphatic hydroxyl groups excluding tert-OH is 1. The Morgan fingerprint density at radius 2 is 2.11 bits per heavy atom. The van der Waals surface area contributed by atoms with Gasteiger partial charge in [0.1, 0.15) is 12.2 Å². The zero-order valence-electron chi connectivity index (χ0n) is 11.1. The second-order valence-corrected chi connectivity index (χ2v) is 5.87. The third-order valence-electron chi connectivity index (χ3n) is 3.51. The Morgan fingerprint density at radius 1 is 1.37 bits per heavy atom. The van der Waals surface area contributed by atoms with Gasteiger partial charge in [-0.1, -0.05) is 35.3 Å². The average Bonchev–Trinajstić information content (AvgIpc) is 2.41. The van der Waals surface area contributed by atoms with E-state index in [4.69, 9.17) is 27.9 Å². The summed E-state index contributed by atoms with van der Waals surface area (Å²) in [5, 5.41) is 11.3. The highest BCUT2D eigenvalue weighted by atomic mass is 35.5. The Morgan fingerprint density at radius 3 is 2.79 bits per heavy atom. The summed E-state index contributed by atoms with van der Waals surface area (Å²) in [7, 11) is 0. The van der Waals surface area contributed by atoms with E-state index in [1.807, 2.05) is 0 Å². The molecule has 0 saturated carbocycles. The molecule has 1 N–H and O–H groups in total. The van der Waals surface area contributed by atoms with Crippen LogP contribution in [0.15, 0.2) is 18.2 Å². The average molecular weight is 304 g/mol. The van der Waals surface area contributed by atoms with E-state index in [0.717, 1.165) is 6.54 Å². The van der Waals surface area contributed by atoms with Gasteiger partial charge in [-0.05, 0) is 19.9 Å². The number of benzene rings is 1. The Labute approximate surface area is 124 Å². The maximum absolute atomic E-state index is 10.5. The molecule has 1 aromatic carbocycles. The van der Waals surface area contributed by atoms with Gasteiger partial charge in [0.25, 0.3) is 0 Å². The fourth-order valence-electron chi connectivity index (χ4n) is 2.31. The topological polar surface area (TPSA) is 32.7 Å². The summed E-state index contributed by atoms with van der Waals surface area (Å²) in [6.45, 7) is 6.49. The van der Waals surface area contributed by atoms with Crippen molar-refractivity contribution in [2.75, 3.05) is 19.7 Å². The molecular weight excluding hydrogens is 285 g/mol. The highest BCUT2D eigenvalue weighted by Gasteiger charge is 2.30. The van der Waals surface area contributed by atoms with Gasteiger partial charge in [-0.15, -0.1) is 0 Å². The van der Waals surface area contributed by atoms with Gasteiger partial charge in [-0.3, -0.25) is 4.90 Å². The minimum Gasteiger partial charge on any atom is -0.386 e. The van der Waals surface area contributed by atoms with Crippen molar-refractivity contribution in [3.8, 4) is 0 Å². The molecule has 1 saturated heterocycles. The van der Waals surface area contributed by atoms with Crippen LogP contribution in [0.2, 0.25) is 10.0 Å². The third kappa shape index (κ3) is 3.41. The molecule has 1 fully saturated rings. The number of nitrogens with zero attached hydrogens (tertiary/aromatic N) is 1. The van der Waals surface area contributed by atoms with Crippen molar-refractivity contribution < 1.29 is 9.84 Å². The van der Waals surface area contributed by atoms with Crippen molar-refractivity contribution >= 4 is 23.2 Å². The van der Waals surface area contributed by atoms with Gasteiger partial charge in [-0.2, -0.15) is 0 Å². The number of rotatable bonds is 3. The second-order valence-electron chi connectivity index (χ2n) is 5.09. The summed E-state index contributed by atoms with van der Waals surface area (Å²) >= 11 is 12.1.